The molecule has 1 aromatic carbocycles. The molecule has 0 saturated carbocycles. The second-order valence-corrected chi connectivity index (χ2v) is 7.08. The molecule has 2 rings (SSSR count). The van der Waals surface area contributed by atoms with Gasteiger partial charge in [-0.2, -0.15) is 0 Å². The molecule has 2 aromatic rings. The molecule has 1 heterocycles. The van der Waals surface area contributed by atoms with Crippen molar-refractivity contribution in [3.05, 3.63) is 56.8 Å². The van der Waals surface area contributed by atoms with Crippen LogP contribution >= 0.6 is 15.9 Å². The number of aromatic amines is 1. The summed E-state index contributed by atoms with van der Waals surface area (Å²) in [5.74, 6) is -0.0211. The fourth-order valence-corrected chi connectivity index (χ4v) is 3.38. The fourth-order valence-electron chi connectivity index (χ4n) is 2.97. The number of nitrogens with zero attached hydrogens (tertiary/aromatic N) is 1. The van der Waals surface area contributed by atoms with Gasteiger partial charge in [0.05, 0.1) is 11.7 Å². The number of likely N-dealkylation sites (N-methyl/N-ethyl adjacent to an activating group) is 1. The van der Waals surface area contributed by atoms with Gasteiger partial charge in [0.2, 0.25) is 0 Å². The Kier molecular flexibility index (Phi) is 5.78. The van der Waals surface area contributed by atoms with Gasteiger partial charge in [0.15, 0.2) is 11.6 Å². The van der Waals surface area contributed by atoms with Crippen LogP contribution < -0.4 is 0 Å². The number of aromatic nitrogens is 1. The SMILES string of the molecule is CC(=O)c1c(C)[nH]c(C(=O)C(C)N(C)Cc2ccccc2Br)c1C. The number of carbonyl (C=O) groups excluding carboxylic acids is 2. The lowest BCUT2D eigenvalue weighted by Gasteiger charge is -2.24. The Morgan fingerprint density at radius 1 is 1.25 bits per heavy atom. The van der Waals surface area contributed by atoms with Gasteiger partial charge in [-0.1, -0.05) is 34.1 Å². The van der Waals surface area contributed by atoms with Crippen molar-refractivity contribution in [3.63, 3.8) is 0 Å². The van der Waals surface area contributed by atoms with E-state index in [9.17, 15) is 9.59 Å². The molecule has 128 valence electrons. The number of nitrogens with one attached hydrogen (secondary N) is 1. The average molecular weight is 391 g/mol. The van der Waals surface area contributed by atoms with Crippen molar-refractivity contribution in [1.29, 1.82) is 0 Å². The number of rotatable bonds is 6. The first-order valence-electron chi connectivity index (χ1n) is 7.92. The molecular weight excluding hydrogens is 368 g/mol. The third-order valence-electron chi connectivity index (χ3n) is 4.45. The van der Waals surface area contributed by atoms with Crippen molar-refractivity contribution in [2.45, 2.75) is 40.3 Å². The van der Waals surface area contributed by atoms with Crippen molar-refractivity contribution in [3.8, 4) is 0 Å². The minimum Gasteiger partial charge on any atom is -0.355 e. The van der Waals surface area contributed by atoms with Gasteiger partial charge in [0.25, 0.3) is 0 Å². The highest BCUT2D eigenvalue weighted by atomic mass is 79.9. The van der Waals surface area contributed by atoms with E-state index in [0.717, 1.165) is 21.3 Å². The zero-order valence-corrected chi connectivity index (χ0v) is 16.3. The van der Waals surface area contributed by atoms with Crippen molar-refractivity contribution >= 4 is 27.5 Å². The zero-order valence-electron chi connectivity index (χ0n) is 14.7. The van der Waals surface area contributed by atoms with Gasteiger partial charge < -0.3 is 4.98 Å². The second-order valence-electron chi connectivity index (χ2n) is 6.23. The van der Waals surface area contributed by atoms with Crippen LogP contribution in [0.15, 0.2) is 28.7 Å². The maximum Gasteiger partial charge on any atom is 0.196 e. The predicted octanol–water partition coefficient (Wildman–Crippen LogP) is 4.30. The standard InChI is InChI=1S/C19H23BrN2O2/c1-11-17(14(4)23)12(2)21-18(11)19(24)13(3)22(5)10-15-8-6-7-9-16(15)20/h6-9,13,21H,10H2,1-5H3. The summed E-state index contributed by atoms with van der Waals surface area (Å²) in [5.41, 5.74) is 3.78. The lowest BCUT2D eigenvalue weighted by molar-refractivity contribution is 0.0856. The van der Waals surface area contributed by atoms with Crippen molar-refractivity contribution in [2.75, 3.05) is 7.05 Å². The quantitative estimate of drug-likeness (QED) is 0.747. The van der Waals surface area contributed by atoms with E-state index < -0.39 is 0 Å². The van der Waals surface area contributed by atoms with E-state index in [1.807, 2.05) is 57.0 Å². The Bertz CT molecular complexity index is 780. The lowest BCUT2D eigenvalue weighted by atomic mass is 10.0. The molecule has 1 N–H and O–H groups in total. The van der Waals surface area contributed by atoms with E-state index in [-0.39, 0.29) is 17.6 Å². The number of ketones is 2. The molecule has 5 heteroatoms. The Hall–Kier alpha value is -1.72. The highest BCUT2D eigenvalue weighted by Gasteiger charge is 2.26. The number of hydrogen-bond acceptors (Lipinski definition) is 3. The van der Waals surface area contributed by atoms with Crippen molar-refractivity contribution < 1.29 is 9.59 Å². The molecule has 4 nitrogen and oxygen atoms in total. The number of halogens is 1. The molecule has 0 saturated heterocycles. The smallest absolute Gasteiger partial charge is 0.196 e. The molecule has 0 fully saturated rings. The minimum atomic E-state index is -0.298. The van der Waals surface area contributed by atoms with Gasteiger partial charge in [0.1, 0.15) is 0 Å². The van der Waals surface area contributed by atoms with Crippen LogP contribution in [0.2, 0.25) is 0 Å². The topological polar surface area (TPSA) is 53.2 Å². The van der Waals surface area contributed by atoms with E-state index in [1.165, 1.54) is 6.92 Å². The van der Waals surface area contributed by atoms with Crippen LogP contribution in [-0.2, 0) is 6.54 Å². The first-order chi connectivity index (χ1) is 11.2. The van der Waals surface area contributed by atoms with E-state index in [0.29, 0.717) is 17.8 Å². The zero-order chi connectivity index (χ0) is 18.0. The Morgan fingerprint density at radius 2 is 1.88 bits per heavy atom. The first kappa shape index (κ1) is 18.6. The summed E-state index contributed by atoms with van der Waals surface area (Å²) in [4.78, 5) is 29.7. The van der Waals surface area contributed by atoms with E-state index in [4.69, 9.17) is 0 Å². The van der Waals surface area contributed by atoms with Gasteiger partial charge >= 0.3 is 0 Å². The lowest BCUT2D eigenvalue weighted by Crippen LogP contribution is -2.36. The Labute approximate surface area is 151 Å². The van der Waals surface area contributed by atoms with E-state index in [1.54, 1.807) is 0 Å². The monoisotopic (exact) mass is 390 g/mol. The summed E-state index contributed by atoms with van der Waals surface area (Å²) in [6.07, 6.45) is 0. The maximum absolute atomic E-state index is 12.9. The third kappa shape index (κ3) is 3.68. The van der Waals surface area contributed by atoms with Gasteiger partial charge in [-0.3, -0.25) is 14.5 Å². The predicted molar refractivity (Wildman–Crippen MR) is 99.7 cm³/mol. The highest BCUT2D eigenvalue weighted by molar-refractivity contribution is 9.10. The third-order valence-corrected chi connectivity index (χ3v) is 5.23. The first-order valence-corrected chi connectivity index (χ1v) is 8.71. The van der Waals surface area contributed by atoms with Crippen LogP contribution in [0, 0.1) is 13.8 Å². The van der Waals surface area contributed by atoms with Crippen LogP contribution in [0.5, 0.6) is 0 Å². The van der Waals surface area contributed by atoms with Crippen LogP contribution in [0.3, 0.4) is 0 Å². The molecule has 1 aromatic heterocycles. The number of Topliss-reactive ketones (excluding diaryl/α,β-unsaturated/α-hetero) is 2. The summed E-state index contributed by atoms with van der Waals surface area (Å²) < 4.78 is 1.03. The minimum absolute atomic E-state index is 0.00217. The molecule has 0 amide bonds. The summed E-state index contributed by atoms with van der Waals surface area (Å²) in [6, 6.07) is 7.69. The van der Waals surface area contributed by atoms with Crippen LogP contribution in [0.1, 0.15) is 51.5 Å². The second kappa shape index (κ2) is 7.45. The molecule has 0 aliphatic heterocycles. The number of H-pyrrole nitrogens is 1. The number of benzene rings is 1. The van der Waals surface area contributed by atoms with Crippen LogP contribution in [0.25, 0.3) is 0 Å². The van der Waals surface area contributed by atoms with Gasteiger partial charge in [-0.05, 0) is 51.9 Å². The van der Waals surface area contributed by atoms with Crippen LogP contribution in [-0.4, -0.2) is 34.5 Å². The largest absolute Gasteiger partial charge is 0.355 e. The Morgan fingerprint density at radius 3 is 2.42 bits per heavy atom. The Balaban J connectivity index is 2.22. The maximum atomic E-state index is 12.9. The molecular formula is C19H23BrN2O2. The molecule has 0 spiro atoms. The van der Waals surface area contributed by atoms with E-state index in [2.05, 4.69) is 20.9 Å². The van der Waals surface area contributed by atoms with Gasteiger partial charge in [-0.15, -0.1) is 0 Å². The summed E-state index contributed by atoms with van der Waals surface area (Å²) >= 11 is 3.54. The van der Waals surface area contributed by atoms with Crippen LogP contribution in [0.4, 0.5) is 0 Å². The number of hydrogen-bond donors (Lipinski definition) is 1. The summed E-state index contributed by atoms with van der Waals surface area (Å²) in [7, 11) is 1.93. The molecule has 24 heavy (non-hydrogen) atoms. The van der Waals surface area contributed by atoms with Crippen molar-refractivity contribution in [1.82, 2.24) is 9.88 Å². The van der Waals surface area contributed by atoms with Gasteiger partial charge in [0, 0.05) is 22.3 Å². The highest BCUT2D eigenvalue weighted by Crippen LogP contribution is 2.22. The summed E-state index contributed by atoms with van der Waals surface area (Å²) in [5, 5.41) is 0. The molecule has 0 bridgehead atoms. The van der Waals surface area contributed by atoms with Gasteiger partial charge in [-0.25, -0.2) is 0 Å². The van der Waals surface area contributed by atoms with Crippen molar-refractivity contribution in [2.24, 2.45) is 0 Å². The molecule has 0 aliphatic rings. The number of carbonyl (C=O) groups is 2. The molecule has 0 aliphatic carbocycles. The van der Waals surface area contributed by atoms with E-state index >= 15 is 0 Å². The molecule has 1 unspecified atom stereocenters. The average Bonchev–Trinajstić information content (AvgIpc) is 2.82. The normalized spacial score (nSPS) is 12.5. The molecule has 0 radical (unpaired) electrons. The fraction of sp³-hybridized carbons (Fsp3) is 0.368. The number of aryl methyl sites for hydroxylation is 1. The summed E-state index contributed by atoms with van der Waals surface area (Å²) in [6.45, 7) is 7.73. The molecule has 1 atom stereocenters.